The summed E-state index contributed by atoms with van der Waals surface area (Å²) < 4.78 is 7.14. The van der Waals surface area contributed by atoms with E-state index in [1.807, 2.05) is 24.3 Å². The SMILES string of the molecule is CC(C)c1ccc(CCNC(=O)CSc2nnc(COc3ccc(C(C)C)cc3)n2N)cc1. The molecule has 0 saturated heterocycles. The van der Waals surface area contributed by atoms with E-state index in [9.17, 15) is 4.79 Å². The van der Waals surface area contributed by atoms with E-state index in [1.54, 1.807) is 0 Å². The first-order valence-electron chi connectivity index (χ1n) is 11.2. The van der Waals surface area contributed by atoms with Gasteiger partial charge in [0.1, 0.15) is 12.4 Å². The molecule has 3 rings (SSSR count). The Hall–Kier alpha value is -3.00. The van der Waals surface area contributed by atoms with E-state index in [2.05, 4.69) is 67.5 Å². The van der Waals surface area contributed by atoms with Gasteiger partial charge in [0.15, 0.2) is 5.82 Å². The van der Waals surface area contributed by atoms with Gasteiger partial charge in [0.25, 0.3) is 0 Å². The van der Waals surface area contributed by atoms with Crippen LogP contribution in [0.5, 0.6) is 5.75 Å². The van der Waals surface area contributed by atoms with Crippen molar-refractivity contribution in [2.24, 2.45) is 0 Å². The van der Waals surface area contributed by atoms with Gasteiger partial charge in [0.2, 0.25) is 11.1 Å². The van der Waals surface area contributed by atoms with Crippen LogP contribution in [0.15, 0.2) is 53.7 Å². The summed E-state index contributed by atoms with van der Waals surface area (Å²) >= 11 is 1.25. The average Bonchev–Trinajstić information content (AvgIpc) is 3.16. The smallest absolute Gasteiger partial charge is 0.230 e. The predicted molar refractivity (Wildman–Crippen MR) is 133 cm³/mol. The number of thioether (sulfide) groups is 1. The van der Waals surface area contributed by atoms with E-state index in [-0.39, 0.29) is 18.3 Å². The minimum Gasteiger partial charge on any atom is -0.486 e. The topological polar surface area (TPSA) is 95.1 Å². The fourth-order valence-corrected chi connectivity index (χ4v) is 3.90. The molecule has 0 spiro atoms. The maximum absolute atomic E-state index is 12.2. The third-order valence-electron chi connectivity index (χ3n) is 5.36. The van der Waals surface area contributed by atoms with E-state index >= 15 is 0 Å². The Labute approximate surface area is 200 Å². The van der Waals surface area contributed by atoms with Crippen LogP contribution in [0.25, 0.3) is 0 Å². The number of hydrogen-bond donors (Lipinski definition) is 2. The quantitative estimate of drug-likeness (QED) is 0.323. The second-order valence-corrected chi connectivity index (χ2v) is 9.51. The first-order chi connectivity index (χ1) is 15.8. The highest BCUT2D eigenvalue weighted by Gasteiger charge is 2.13. The minimum absolute atomic E-state index is 0.0650. The van der Waals surface area contributed by atoms with Crippen molar-refractivity contribution in [2.75, 3.05) is 18.1 Å². The highest BCUT2D eigenvalue weighted by atomic mass is 32.2. The molecule has 0 aliphatic heterocycles. The molecule has 1 aromatic heterocycles. The van der Waals surface area contributed by atoms with Crippen LogP contribution in [-0.4, -0.2) is 33.1 Å². The molecule has 0 bridgehead atoms. The van der Waals surface area contributed by atoms with Crippen LogP contribution in [-0.2, 0) is 17.8 Å². The van der Waals surface area contributed by atoms with Crippen LogP contribution < -0.4 is 15.9 Å². The first kappa shape index (κ1) is 24.6. The molecule has 0 atom stereocenters. The van der Waals surface area contributed by atoms with Crippen LogP contribution in [0.3, 0.4) is 0 Å². The Morgan fingerprint density at radius 2 is 1.61 bits per heavy atom. The van der Waals surface area contributed by atoms with Gasteiger partial charge in [0, 0.05) is 6.54 Å². The number of rotatable bonds is 11. The molecule has 0 radical (unpaired) electrons. The van der Waals surface area contributed by atoms with E-state index < -0.39 is 0 Å². The number of hydrogen-bond acceptors (Lipinski definition) is 6. The minimum atomic E-state index is -0.0650. The number of nitrogen functional groups attached to an aromatic ring is 1. The Morgan fingerprint density at radius 3 is 2.21 bits per heavy atom. The normalized spacial score (nSPS) is 11.2. The molecule has 0 aliphatic carbocycles. The fourth-order valence-electron chi connectivity index (χ4n) is 3.20. The molecule has 176 valence electrons. The van der Waals surface area contributed by atoms with Crippen molar-refractivity contribution in [2.45, 2.75) is 57.7 Å². The molecular weight excluding hydrogens is 434 g/mol. The third-order valence-corrected chi connectivity index (χ3v) is 6.31. The Kier molecular flexibility index (Phi) is 8.77. The summed E-state index contributed by atoms with van der Waals surface area (Å²) in [4.78, 5) is 12.2. The van der Waals surface area contributed by atoms with Gasteiger partial charge in [-0.1, -0.05) is 75.9 Å². The molecule has 1 heterocycles. The highest BCUT2D eigenvalue weighted by Crippen LogP contribution is 2.20. The lowest BCUT2D eigenvalue weighted by Gasteiger charge is -2.09. The summed E-state index contributed by atoms with van der Waals surface area (Å²) in [6.07, 6.45) is 0.793. The summed E-state index contributed by atoms with van der Waals surface area (Å²) in [5.74, 6) is 8.47. The number of ether oxygens (including phenoxy) is 1. The zero-order valence-electron chi connectivity index (χ0n) is 19.7. The maximum atomic E-state index is 12.2. The second kappa shape index (κ2) is 11.7. The van der Waals surface area contributed by atoms with Crippen molar-refractivity contribution in [3.8, 4) is 5.75 Å². The van der Waals surface area contributed by atoms with E-state index in [1.165, 1.54) is 33.1 Å². The van der Waals surface area contributed by atoms with Crippen LogP contribution in [0, 0.1) is 0 Å². The Morgan fingerprint density at radius 1 is 1.00 bits per heavy atom. The zero-order valence-corrected chi connectivity index (χ0v) is 20.6. The van der Waals surface area contributed by atoms with E-state index in [0.29, 0.717) is 29.4 Å². The number of nitrogens with one attached hydrogen (secondary N) is 1. The van der Waals surface area contributed by atoms with Gasteiger partial charge in [-0.25, -0.2) is 4.68 Å². The number of benzene rings is 2. The maximum Gasteiger partial charge on any atom is 0.230 e. The van der Waals surface area contributed by atoms with Gasteiger partial charge in [-0.3, -0.25) is 4.79 Å². The first-order valence-corrected chi connectivity index (χ1v) is 12.2. The van der Waals surface area contributed by atoms with E-state index in [0.717, 1.165) is 12.2 Å². The lowest BCUT2D eigenvalue weighted by atomic mass is 10.0. The second-order valence-electron chi connectivity index (χ2n) is 8.57. The molecule has 3 N–H and O–H groups in total. The molecule has 0 saturated carbocycles. The van der Waals surface area contributed by atoms with Crippen molar-refractivity contribution in [3.63, 3.8) is 0 Å². The van der Waals surface area contributed by atoms with Crippen molar-refractivity contribution in [1.29, 1.82) is 0 Å². The molecule has 1 amide bonds. The Balaban J connectivity index is 1.40. The van der Waals surface area contributed by atoms with Crippen molar-refractivity contribution < 1.29 is 9.53 Å². The van der Waals surface area contributed by atoms with Gasteiger partial charge >= 0.3 is 0 Å². The fraction of sp³-hybridized carbons (Fsp3) is 0.400. The molecule has 0 aliphatic rings. The largest absolute Gasteiger partial charge is 0.486 e. The standard InChI is InChI=1S/C25H33N5O2S/c1-17(2)20-7-5-19(6-8-20)13-14-27-24(31)16-33-25-29-28-23(30(25)26)15-32-22-11-9-21(10-12-22)18(3)4/h5-12,17-18H,13-16,26H2,1-4H3,(H,27,31). The molecule has 0 unspecified atom stereocenters. The Bertz CT molecular complexity index is 1030. The number of nitrogens with two attached hydrogens (primary N) is 1. The lowest BCUT2D eigenvalue weighted by Crippen LogP contribution is -2.27. The van der Waals surface area contributed by atoms with Crippen molar-refractivity contribution in [1.82, 2.24) is 20.2 Å². The predicted octanol–water partition coefficient (Wildman–Crippen LogP) is 4.27. The summed E-state index contributed by atoms with van der Waals surface area (Å²) in [7, 11) is 0. The van der Waals surface area contributed by atoms with Crippen LogP contribution >= 0.6 is 11.8 Å². The van der Waals surface area contributed by atoms with Gasteiger partial charge in [0.05, 0.1) is 5.75 Å². The number of amides is 1. The molecule has 7 nitrogen and oxygen atoms in total. The van der Waals surface area contributed by atoms with Gasteiger partial charge < -0.3 is 15.9 Å². The van der Waals surface area contributed by atoms with Crippen molar-refractivity contribution in [3.05, 3.63) is 71.0 Å². The highest BCUT2D eigenvalue weighted by molar-refractivity contribution is 7.99. The molecule has 33 heavy (non-hydrogen) atoms. The molecule has 2 aromatic carbocycles. The van der Waals surface area contributed by atoms with Gasteiger partial charge in [-0.05, 0) is 47.1 Å². The van der Waals surface area contributed by atoms with Crippen LogP contribution in [0.4, 0.5) is 0 Å². The monoisotopic (exact) mass is 467 g/mol. The van der Waals surface area contributed by atoms with Crippen molar-refractivity contribution >= 4 is 17.7 Å². The average molecular weight is 468 g/mol. The van der Waals surface area contributed by atoms with Gasteiger partial charge in [-0.2, -0.15) is 0 Å². The molecule has 8 heteroatoms. The van der Waals surface area contributed by atoms with Crippen LogP contribution in [0.1, 0.15) is 62.0 Å². The summed E-state index contributed by atoms with van der Waals surface area (Å²) in [5, 5.41) is 11.6. The summed E-state index contributed by atoms with van der Waals surface area (Å²) in [5.41, 5.74) is 3.78. The summed E-state index contributed by atoms with van der Waals surface area (Å²) in [6, 6.07) is 16.5. The zero-order chi connectivity index (χ0) is 23.8. The number of carbonyl (C=O) groups is 1. The molecule has 0 fully saturated rings. The van der Waals surface area contributed by atoms with E-state index in [4.69, 9.17) is 10.6 Å². The van der Waals surface area contributed by atoms with Gasteiger partial charge in [-0.15, -0.1) is 10.2 Å². The number of nitrogens with zero attached hydrogens (tertiary/aromatic N) is 3. The number of aromatic nitrogens is 3. The lowest BCUT2D eigenvalue weighted by molar-refractivity contribution is -0.118. The third kappa shape index (κ3) is 7.25. The molecule has 3 aromatic rings. The summed E-state index contributed by atoms with van der Waals surface area (Å²) in [6.45, 7) is 9.44. The number of carbonyl (C=O) groups excluding carboxylic acids is 1. The molecular formula is C25H33N5O2S. The van der Waals surface area contributed by atoms with Crippen LogP contribution in [0.2, 0.25) is 0 Å².